The van der Waals surface area contributed by atoms with Crippen LogP contribution in [0.4, 0.5) is 8.78 Å². The Morgan fingerprint density at radius 1 is 1.64 bits per heavy atom. The molecule has 1 N–H and O–H groups in total. The van der Waals surface area contributed by atoms with Gasteiger partial charge in [-0.3, -0.25) is 0 Å². The largest absolute Gasteiger partial charge is 0.477 e. The van der Waals surface area contributed by atoms with E-state index in [1.165, 1.54) is 0 Å². The van der Waals surface area contributed by atoms with Gasteiger partial charge >= 0.3 is 11.9 Å². The lowest BCUT2D eigenvalue weighted by Crippen LogP contribution is -2.33. The van der Waals surface area contributed by atoms with Crippen LogP contribution in [0.2, 0.25) is 0 Å². The number of rotatable bonds is 5. The SMILES string of the molecule is CCCOCC(F)(F)C(=O)O. The Morgan fingerprint density at radius 3 is 2.55 bits per heavy atom. The van der Waals surface area contributed by atoms with E-state index >= 15 is 0 Å². The minimum atomic E-state index is -3.75. The van der Waals surface area contributed by atoms with E-state index < -0.39 is 18.5 Å². The summed E-state index contributed by atoms with van der Waals surface area (Å²) in [7, 11) is 0. The molecule has 0 aromatic carbocycles. The maximum Gasteiger partial charge on any atom is 0.377 e. The topological polar surface area (TPSA) is 46.5 Å². The summed E-state index contributed by atoms with van der Waals surface area (Å²) >= 11 is 0. The molecule has 0 aliphatic rings. The Hall–Kier alpha value is -0.710. The van der Waals surface area contributed by atoms with Gasteiger partial charge in [-0.15, -0.1) is 0 Å². The van der Waals surface area contributed by atoms with Gasteiger partial charge in [0.1, 0.15) is 6.61 Å². The van der Waals surface area contributed by atoms with E-state index in [9.17, 15) is 13.6 Å². The molecule has 0 aliphatic carbocycles. The summed E-state index contributed by atoms with van der Waals surface area (Å²) in [6.45, 7) is 0.859. The summed E-state index contributed by atoms with van der Waals surface area (Å²) in [6.07, 6.45) is 0.593. The highest BCUT2D eigenvalue weighted by Crippen LogP contribution is 2.13. The second-order valence-electron chi connectivity index (χ2n) is 2.06. The zero-order valence-corrected chi connectivity index (χ0v) is 6.14. The highest BCUT2D eigenvalue weighted by Gasteiger charge is 2.38. The van der Waals surface area contributed by atoms with Gasteiger partial charge < -0.3 is 9.84 Å². The molecule has 0 spiro atoms. The fourth-order valence-corrected chi connectivity index (χ4v) is 0.406. The minimum absolute atomic E-state index is 0.156. The van der Waals surface area contributed by atoms with Crippen molar-refractivity contribution in [1.82, 2.24) is 0 Å². The molecule has 0 radical (unpaired) electrons. The Morgan fingerprint density at radius 2 is 2.18 bits per heavy atom. The van der Waals surface area contributed by atoms with Crippen LogP contribution < -0.4 is 0 Å². The molecule has 66 valence electrons. The van der Waals surface area contributed by atoms with Crippen molar-refractivity contribution < 1.29 is 23.4 Å². The van der Waals surface area contributed by atoms with Crippen LogP contribution in [0.25, 0.3) is 0 Å². The number of aliphatic carboxylic acids is 1. The van der Waals surface area contributed by atoms with E-state index in [1.807, 2.05) is 0 Å². The van der Waals surface area contributed by atoms with Crippen molar-refractivity contribution in [2.45, 2.75) is 19.3 Å². The first-order chi connectivity index (χ1) is 5.00. The predicted molar refractivity (Wildman–Crippen MR) is 33.7 cm³/mol. The van der Waals surface area contributed by atoms with Gasteiger partial charge in [-0.2, -0.15) is 8.78 Å². The smallest absolute Gasteiger partial charge is 0.377 e. The van der Waals surface area contributed by atoms with Crippen LogP contribution in [0.5, 0.6) is 0 Å². The quantitative estimate of drug-likeness (QED) is 0.626. The summed E-state index contributed by atoms with van der Waals surface area (Å²) in [6, 6.07) is 0. The normalized spacial score (nSPS) is 11.5. The zero-order valence-electron chi connectivity index (χ0n) is 6.14. The molecular weight excluding hydrogens is 158 g/mol. The fraction of sp³-hybridized carbons (Fsp3) is 0.833. The minimum Gasteiger partial charge on any atom is -0.477 e. The fourth-order valence-electron chi connectivity index (χ4n) is 0.406. The lowest BCUT2D eigenvalue weighted by atomic mass is 10.4. The third-order valence-corrected chi connectivity index (χ3v) is 0.945. The zero-order chi connectivity index (χ0) is 8.91. The molecule has 5 heteroatoms. The summed E-state index contributed by atoms with van der Waals surface area (Å²) < 4.78 is 28.7. The van der Waals surface area contributed by atoms with Gasteiger partial charge in [-0.05, 0) is 6.42 Å². The molecule has 0 bridgehead atoms. The third-order valence-electron chi connectivity index (χ3n) is 0.945. The maximum absolute atomic E-state index is 12.1. The molecule has 0 aromatic heterocycles. The van der Waals surface area contributed by atoms with Gasteiger partial charge in [0.15, 0.2) is 0 Å². The molecule has 0 fully saturated rings. The molecule has 11 heavy (non-hydrogen) atoms. The summed E-state index contributed by atoms with van der Waals surface area (Å²) in [5.41, 5.74) is 0. The van der Waals surface area contributed by atoms with Gasteiger partial charge in [0.25, 0.3) is 0 Å². The predicted octanol–water partition coefficient (Wildman–Crippen LogP) is 1.13. The lowest BCUT2D eigenvalue weighted by molar-refractivity contribution is -0.173. The molecule has 0 amide bonds. The Bertz CT molecular complexity index is 136. The van der Waals surface area contributed by atoms with Gasteiger partial charge in [0.2, 0.25) is 0 Å². The number of carboxylic acid groups (broad SMARTS) is 1. The molecular formula is C6H10F2O3. The number of carbonyl (C=O) groups is 1. The Kier molecular flexibility index (Phi) is 3.95. The summed E-state index contributed by atoms with van der Waals surface area (Å²) in [5.74, 6) is -5.90. The highest BCUT2D eigenvalue weighted by molar-refractivity contribution is 5.75. The average Bonchev–Trinajstić information content (AvgIpc) is 1.88. The molecule has 0 rings (SSSR count). The molecule has 0 unspecified atom stereocenters. The first-order valence-corrected chi connectivity index (χ1v) is 3.19. The van der Waals surface area contributed by atoms with Crippen molar-refractivity contribution in [3.05, 3.63) is 0 Å². The van der Waals surface area contributed by atoms with Crippen molar-refractivity contribution in [3.63, 3.8) is 0 Å². The van der Waals surface area contributed by atoms with Crippen LogP contribution in [0, 0.1) is 0 Å². The molecule has 0 saturated carbocycles. The van der Waals surface area contributed by atoms with Crippen LogP contribution in [0.3, 0.4) is 0 Å². The molecule has 3 nitrogen and oxygen atoms in total. The van der Waals surface area contributed by atoms with Crippen molar-refractivity contribution in [1.29, 1.82) is 0 Å². The number of carboxylic acids is 1. The molecule has 0 atom stereocenters. The van der Waals surface area contributed by atoms with E-state index in [0.29, 0.717) is 6.42 Å². The third kappa shape index (κ3) is 3.87. The number of halogens is 2. The standard InChI is InChI=1S/C6H10F2O3/c1-2-3-11-4-6(7,8)5(9)10/h2-4H2,1H3,(H,9,10). The van der Waals surface area contributed by atoms with Crippen LogP contribution in [0.1, 0.15) is 13.3 Å². The monoisotopic (exact) mass is 168 g/mol. The molecule has 0 aliphatic heterocycles. The van der Waals surface area contributed by atoms with Crippen LogP contribution in [-0.4, -0.2) is 30.2 Å². The van der Waals surface area contributed by atoms with E-state index in [1.54, 1.807) is 6.92 Å². The van der Waals surface area contributed by atoms with Gasteiger partial charge in [-0.1, -0.05) is 6.92 Å². The summed E-state index contributed by atoms with van der Waals surface area (Å²) in [4.78, 5) is 9.79. The van der Waals surface area contributed by atoms with Gasteiger partial charge in [-0.25, -0.2) is 4.79 Å². The van der Waals surface area contributed by atoms with Crippen LogP contribution in [-0.2, 0) is 9.53 Å². The molecule has 0 aromatic rings. The van der Waals surface area contributed by atoms with Crippen molar-refractivity contribution in [2.75, 3.05) is 13.2 Å². The highest BCUT2D eigenvalue weighted by atomic mass is 19.3. The van der Waals surface area contributed by atoms with Crippen LogP contribution in [0.15, 0.2) is 0 Å². The Labute approximate surface area is 63.0 Å². The second kappa shape index (κ2) is 4.23. The van der Waals surface area contributed by atoms with E-state index in [2.05, 4.69) is 4.74 Å². The number of ether oxygens (including phenoxy) is 1. The van der Waals surface area contributed by atoms with E-state index in [0.717, 1.165) is 0 Å². The average molecular weight is 168 g/mol. The molecule has 0 heterocycles. The Balaban J connectivity index is 3.64. The van der Waals surface area contributed by atoms with E-state index in [-0.39, 0.29) is 6.61 Å². The van der Waals surface area contributed by atoms with Crippen LogP contribution >= 0.6 is 0 Å². The van der Waals surface area contributed by atoms with Crippen molar-refractivity contribution in [2.24, 2.45) is 0 Å². The maximum atomic E-state index is 12.1. The van der Waals surface area contributed by atoms with Crippen molar-refractivity contribution >= 4 is 5.97 Å². The van der Waals surface area contributed by atoms with Gasteiger partial charge in [0.05, 0.1) is 0 Å². The molecule has 0 saturated heterocycles. The van der Waals surface area contributed by atoms with Gasteiger partial charge in [0, 0.05) is 6.61 Å². The van der Waals surface area contributed by atoms with Crippen molar-refractivity contribution in [3.8, 4) is 0 Å². The lowest BCUT2D eigenvalue weighted by Gasteiger charge is -2.10. The number of hydrogen-bond donors (Lipinski definition) is 1. The summed E-state index contributed by atoms with van der Waals surface area (Å²) in [5, 5.41) is 7.91. The first kappa shape index (κ1) is 10.3. The second-order valence-corrected chi connectivity index (χ2v) is 2.06. The first-order valence-electron chi connectivity index (χ1n) is 3.19. The van der Waals surface area contributed by atoms with E-state index in [4.69, 9.17) is 5.11 Å². The number of alkyl halides is 2. The number of hydrogen-bond acceptors (Lipinski definition) is 2.